The molecule has 224 valence electrons. The van der Waals surface area contributed by atoms with Gasteiger partial charge < -0.3 is 24.8 Å². The molecule has 1 amide bonds. The number of carbonyl (C=O) groups is 3. The van der Waals surface area contributed by atoms with Gasteiger partial charge in [0, 0.05) is 35.0 Å². The van der Waals surface area contributed by atoms with Crippen molar-refractivity contribution in [1.82, 2.24) is 9.88 Å². The molecule has 0 atom stereocenters. The van der Waals surface area contributed by atoms with Crippen LogP contribution in [0.5, 0.6) is 5.75 Å². The molecular formula is C36H34N2O6. The third kappa shape index (κ3) is 5.63. The SMILES string of the molecule is Cc1cc(C(=O)N2CCC(C(=O)O)CC2)ccc1-c1cccc2c(CCCOc3cccc4ccccc34)c(C(=O)O)[nH]c12. The minimum atomic E-state index is -1.01. The summed E-state index contributed by atoms with van der Waals surface area (Å²) in [6.45, 7) is 3.23. The van der Waals surface area contributed by atoms with Crippen molar-refractivity contribution in [2.45, 2.75) is 32.6 Å². The summed E-state index contributed by atoms with van der Waals surface area (Å²) < 4.78 is 6.11. The Morgan fingerprint density at radius 2 is 1.61 bits per heavy atom. The van der Waals surface area contributed by atoms with Crippen LogP contribution in [0.15, 0.2) is 78.9 Å². The van der Waals surface area contributed by atoms with Crippen molar-refractivity contribution in [3.8, 4) is 16.9 Å². The zero-order valence-corrected chi connectivity index (χ0v) is 24.5. The number of ether oxygens (including phenoxy) is 1. The van der Waals surface area contributed by atoms with Crippen LogP contribution in [0.25, 0.3) is 32.8 Å². The smallest absolute Gasteiger partial charge is 0.352 e. The van der Waals surface area contributed by atoms with Gasteiger partial charge in [0.2, 0.25) is 0 Å². The van der Waals surface area contributed by atoms with Gasteiger partial charge in [-0.05, 0) is 72.9 Å². The first-order chi connectivity index (χ1) is 21.3. The Kier molecular flexibility index (Phi) is 8.07. The second kappa shape index (κ2) is 12.2. The highest BCUT2D eigenvalue weighted by Gasteiger charge is 2.28. The van der Waals surface area contributed by atoms with E-state index in [0.717, 1.165) is 49.7 Å². The molecule has 1 aliphatic heterocycles. The number of nitrogens with one attached hydrogen (secondary N) is 1. The number of hydrogen-bond donors (Lipinski definition) is 3. The maximum absolute atomic E-state index is 13.2. The average Bonchev–Trinajstić information content (AvgIpc) is 3.42. The second-order valence-corrected chi connectivity index (χ2v) is 11.4. The summed E-state index contributed by atoms with van der Waals surface area (Å²) >= 11 is 0. The van der Waals surface area contributed by atoms with Gasteiger partial charge >= 0.3 is 11.9 Å². The van der Waals surface area contributed by atoms with Crippen LogP contribution in [0.4, 0.5) is 0 Å². The van der Waals surface area contributed by atoms with Crippen LogP contribution in [-0.2, 0) is 11.2 Å². The summed E-state index contributed by atoms with van der Waals surface area (Å²) in [5, 5.41) is 22.3. The number of carbonyl (C=O) groups excluding carboxylic acids is 1. The molecule has 2 heterocycles. The molecule has 6 rings (SSSR count). The predicted molar refractivity (Wildman–Crippen MR) is 169 cm³/mol. The number of carboxylic acids is 2. The molecule has 1 saturated heterocycles. The largest absolute Gasteiger partial charge is 0.493 e. The molecule has 3 N–H and O–H groups in total. The minimum Gasteiger partial charge on any atom is -0.493 e. The standard InChI is InChI=1S/C36H34N2O6/c1-22-21-25(34(39)38-18-16-24(17-19-38)35(40)41)14-15-26(22)28-10-5-11-29-30(33(36(42)43)37-32(28)29)12-6-20-44-31-13-4-8-23-7-2-3-9-27(23)31/h2-5,7-11,13-15,21,24,37H,6,12,16-20H2,1H3,(H,40,41)(H,42,43). The van der Waals surface area contributed by atoms with Crippen LogP contribution in [0.2, 0.25) is 0 Å². The molecular weight excluding hydrogens is 556 g/mol. The van der Waals surface area contributed by atoms with E-state index in [1.54, 1.807) is 11.0 Å². The molecule has 44 heavy (non-hydrogen) atoms. The number of aliphatic carboxylic acids is 1. The Balaban J connectivity index is 1.22. The fraction of sp³-hybridized carbons (Fsp3) is 0.250. The lowest BCUT2D eigenvalue weighted by Gasteiger charge is -2.30. The molecule has 0 spiro atoms. The third-order valence-corrected chi connectivity index (χ3v) is 8.63. The van der Waals surface area contributed by atoms with Gasteiger partial charge in [0.25, 0.3) is 5.91 Å². The average molecular weight is 591 g/mol. The van der Waals surface area contributed by atoms with Crippen LogP contribution >= 0.6 is 0 Å². The minimum absolute atomic E-state index is 0.109. The Labute approximate surface area is 254 Å². The highest BCUT2D eigenvalue weighted by Crippen LogP contribution is 2.35. The molecule has 0 saturated carbocycles. The molecule has 1 fully saturated rings. The number of hydrogen-bond acceptors (Lipinski definition) is 4. The van der Waals surface area contributed by atoms with Crippen LogP contribution in [0, 0.1) is 12.8 Å². The van der Waals surface area contributed by atoms with Crippen molar-refractivity contribution in [1.29, 1.82) is 0 Å². The molecule has 1 aromatic heterocycles. The molecule has 1 aliphatic rings. The topological polar surface area (TPSA) is 120 Å². The van der Waals surface area contributed by atoms with E-state index >= 15 is 0 Å². The van der Waals surface area contributed by atoms with Gasteiger partial charge in [-0.15, -0.1) is 0 Å². The van der Waals surface area contributed by atoms with Crippen LogP contribution in [0.1, 0.15) is 51.2 Å². The van der Waals surface area contributed by atoms with E-state index in [9.17, 15) is 24.6 Å². The van der Waals surface area contributed by atoms with E-state index in [1.807, 2.05) is 79.7 Å². The monoisotopic (exact) mass is 590 g/mol. The zero-order valence-electron chi connectivity index (χ0n) is 24.5. The number of amides is 1. The van der Waals surface area contributed by atoms with Gasteiger partial charge in [-0.1, -0.05) is 60.7 Å². The lowest BCUT2D eigenvalue weighted by molar-refractivity contribution is -0.143. The Hall–Kier alpha value is -5.11. The van der Waals surface area contributed by atoms with Gasteiger partial charge in [-0.3, -0.25) is 9.59 Å². The predicted octanol–water partition coefficient (Wildman–Crippen LogP) is 6.94. The van der Waals surface area contributed by atoms with E-state index in [1.165, 1.54) is 0 Å². The van der Waals surface area contributed by atoms with Crippen LogP contribution in [-0.4, -0.2) is 57.6 Å². The maximum Gasteiger partial charge on any atom is 0.352 e. The van der Waals surface area contributed by atoms with Gasteiger partial charge in [0.05, 0.1) is 18.0 Å². The van der Waals surface area contributed by atoms with Crippen LogP contribution < -0.4 is 4.74 Å². The summed E-state index contributed by atoms with van der Waals surface area (Å²) in [7, 11) is 0. The normalized spacial score (nSPS) is 13.8. The number of piperidine rings is 1. The van der Waals surface area contributed by atoms with Crippen molar-refractivity contribution >= 4 is 39.5 Å². The number of H-pyrrole nitrogens is 1. The number of aromatic nitrogens is 1. The number of aromatic amines is 1. The van der Waals surface area contributed by atoms with Crippen molar-refractivity contribution in [3.05, 3.63) is 101 Å². The third-order valence-electron chi connectivity index (χ3n) is 8.63. The number of carboxylic acid groups (broad SMARTS) is 2. The number of para-hydroxylation sites is 1. The number of aromatic carboxylic acids is 1. The summed E-state index contributed by atoms with van der Waals surface area (Å²) in [5.74, 6) is -1.52. The van der Waals surface area contributed by atoms with E-state index in [2.05, 4.69) is 4.98 Å². The highest BCUT2D eigenvalue weighted by atomic mass is 16.5. The molecule has 8 nitrogen and oxygen atoms in total. The van der Waals surface area contributed by atoms with Gasteiger partial charge in [-0.25, -0.2) is 4.79 Å². The fourth-order valence-electron chi connectivity index (χ4n) is 6.30. The number of nitrogens with zero attached hydrogens (tertiary/aromatic N) is 1. The van der Waals surface area contributed by atoms with E-state index in [-0.39, 0.29) is 11.6 Å². The number of aryl methyl sites for hydroxylation is 2. The Bertz CT molecular complexity index is 1880. The summed E-state index contributed by atoms with van der Waals surface area (Å²) in [6.07, 6.45) is 2.08. The lowest BCUT2D eigenvalue weighted by atomic mass is 9.94. The molecule has 4 aromatic carbocycles. The molecule has 5 aromatic rings. The van der Waals surface area contributed by atoms with Crippen molar-refractivity contribution < 1.29 is 29.3 Å². The van der Waals surface area contributed by atoms with Gasteiger partial charge in [0.15, 0.2) is 0 Å². The van der Waals surface area contributed by atoms with Crippen molar-refractivity contribution in [2.24, 2.45) is 5.92 Å². The van der Waals surface area contributed by atoms with Gasteiger partial charge in [-0.2, -0.15) is 0 Å². The number of benzene rings is 4. The van der Waals surface area contributed by atoms with Crippen molar-refractivity contribution in [3.63, 3.8) is 0 Å². The molecule has 0 radical (unpaired) electrons. The van der Waals surface area contributed by atoms with E-state index in [4.69, 9.17) is 4.74 Å². The van der Waals surface area contributed by atoms with Crippen molar-refractivity contribution in [2.75, 3.05) is 19.7 Å². The number of rotatable bonds is 9. The highest BCUT2D eigenvalue weighted by molar-refractivity contribution is 6.04. The van der Waals surface area contributed by atoms with Crippen LogP contribution in [0.3, 0.4) is 0 Å². The quantitative estimate of drug-likeness (QED) is 0.160. The summed E-state index contributed by atoms with van der Waals surface area (Å²) in [5.41, 5.74) is 4.87. The zero-order chi connectivity index (χ0) is 30.8. The first kappa shape index (κ1) is 29.0. The summed E-state index contributed by atoms with van der Waals surface area (Å²) in [6, 6.07) is 25.4. The second-order valence-electron chi connectivity index (χ2n) is 11.4. The molecule has 0 aliphatic carbocycles. The first-order valence-electron chi connectivity index (χ1n) is 14.9. The number of likely N-dealkylation sites (tertiary alicyclic amines) is 1. The Morgan fingerprint density at radius 1 is 0.886 bits per heavy atom. The fourth-order valence-corrected chi connectivity index (χ4v) is 6.30. The molecule has 8 heteroatoms. The maximum atomic E-state index is 13.2. The van der Waals surface area contributed by atoms with E-state index in [0.29, 0.717) is 50.9 Å². The van der Waals surface area contributed by atoms with Gasteiger partial charge in [0.1, 0.15) is 11.4 Å². The molecule has 0 bridgehead atoms. The lowest BCUT2D eigenvalue weighted by Crippen LogP contribution is -2.40. The number of fused-ring (bicyclic) bond motifs is 2. The summed E-state index contributed by atoms with van der Waals surface area (Å²) in [4.78, 5) is 41.7. The first-order valence-corrected chi connectivity index (χ1v) is 14.9. The Morgan fingerprint density at radius 3 is 2.36 bits per heavy atom. The molecule has 0 unspecified atom stereocenters. The van der Waals surface area contributed by atoms with E-state index < -0.39 is 17.9 Å².